The van der Waals surface area contributed by atoms with Gasteiger partial charge < -0.3 is 18.9 Å². The van der Waals surface area contributed by atoms with Crippen LogP contribution in [-0.4, -0.2) is 21.3 Å². The molecule has 0 amide bonds. The molecule has 4 nitrogen and oxygen atoms in total. The van der Waals surface area contributed by atoms with Gasteiger partial charge in [0.15, 0.2) is 11.5 Å². The number of methoxy groups -OCH3 is 3. The molecule has 1 aliphatic rings. The van der Waals surface area contributed by atoms with Crippen LogP contribution in [0.1, 0.15) is 23.1 Å². The van der Waals surface area contributed by atoms with E-state index < -0.39 is 0 Å². The van der Waals surface area contributed by atoms with E-state index in [9.17, 15) is 0 Å². The molecule has 3 rings (SSSR count). The molecule has 0 unspecified atom stereocenters. The molecule has 130 valence electrons. The zero-order valence-corrected chi connectivity index (χ0v) is 14.8. The van der Waals surface area contributed by atoms with Crippen LogP contribution in [0.25, 0.3) is 5.57 Å². The summed E-state index contributed by atoms with van der Waals surface area (Å²) in [6.45, 7) is 8.15. The van der Waals surface area contributed by atoms with Crippen LogP contribution in [0.2, 0.25) is 0 Å². The van der Waals surface area contributed by atoms with Crippen LogP contribution in [0.5, 0.6) is 23.0 Å². The highest BCUT2D eigenvalue weighted by Crippen LogP contribution is 2.41. The van der Waals surface area contributed by atoms with E-state index in [-0.39, 0.29) is 0 Å². The molecule has 0 radical (unpaired) electrons. The smallest absolute Gasteiger partial charge is 0.203 e. The van der Waals surface area contributed by atoms with E-state index in [1.54, 1.807) is 21.3 Å². The molecule has 4 heteroatoms. The molecule has 2 aromatic rings. The molecule has 1 heterocycles. The second kappa shape index (κ2) is 6.93. The maximum atomic E-state index is 5.69. The molecule has 0 aromatic heterocycles. The lowest BCUT2D eigenvalue weighted by Crippen LogP contribution is -2.06. The molecule has 0 atom stereocenters. The first-order valence-corrected chi connectivity index (χ1v) is 8.05. The minimum Gasteiger partial charge on any atom is -0.493 e. The van der Waals surface area contributed by atoms with Crippen molar-refractivity contribution in [2.24, 2.45) is 0 Å². The number of aryl methyl sites for hydroxylation is 1. The Morgan fingerprint density at radius 2 is 1.60 bits per heavy atom. The number of benzene rings is 2. The molecule has 0 bridgehead atoms. The summed E-state index contributed by atoms with van der Waals surface area (Å²) in [5.41, 5.74) is 3.99. The third-order valence-corrected chi connectivity index (χ3v) is 4.35. The number of allylic oxidation sites excluding steroid dienone is 1. The molecule has 2 aromatic carbocycles. The van der Waals surface area contributed by atoms with Crippen molar-refractivity contribution in [1.29, 1.82) is 0 Å². The third-order valence-electron chi connectivity index (χ3n) is 4.35. The lowest BCUT2D eigenvalue weighted by atomic mass is 9.95. The Morgan fingerprint density at radius 3 is 2.20 bits per heavy atom. The van der Waals surface area contributed by atoms with E-state index in [1.807, 2.05) is 24.3 Å². The van der Waals surface area contributed by atoms with Crippen LogP contribution in [0.4, 0.5) is 0 Å². The Labute approximate surface area is 148 Å². The molecular formula is C21H22O4. The van der Waals surface area contributed by atoms with E-state index in [4.69, 9.17) is 18.9 Å². The number of ether oxygens (including phenoxy) is 4. The van der Waals surface area contributed by atoms with Crippen LogP contribution < -0.4 is 18.9 Å². The molecule has 1 aliphatic heterocycles. The summed E-state index contributed by atoms with van der Waals surface area (Å²) in [7, 11) is 4.80. The quantitative estimate of drug-likeness (QED) is 0.797. The van der Waals surface area contributed by atoms with Gasteiger partial charge in [-0.25, -0.2) is 0 Å². The van der Waals surface area contributed by atoms with E-state index >= 15 is 0 Å². The molecule has 0 spiro atoms. The fraction of sp³-hybridized carbons (Fsp3) is 0.238. The van der Waals surface area contributed by atoms with Crippen LogP contribution in [0, 0.1) is 0 Å². The molecule has 0 saturated heterocycles. The summed E-state index contributed by atoms with van der Waals surface area (Å²) in [6, 6.07) is 9.90. The fourth-order valence-electron chi connectivity index (χ4n) is 2.96. The summed E-state index contributed by atoms with van der Waals surface area (Å²) in [5, 5.41) is 0. The van der Waals surface area contributed by atoms with Crippen molar-refractivity contribution in [1.82, 2.24) is 0 Å². The van der Waals surface area contributed by atoms with Crippen molar-refractivity contribution in [2.75, 3.05) is 21.3 Å². The summed E-state index contributed by atoms with van der Waals surface area (Å²) in [5.74, 6) is 3.46. The van der Waals surface area contributed by atoms with Crippen molar-refractivity contribution in [3.05, 3.63) is 65.9 Å². The predicted molar refractivity (Wildman–Crippen MR) is 98.8 cm³/mol. The second-order valence-electron chi connectivity index (χ2n) is 5.86. The van der Waals surface area contributed by atoms with Gasteiger partial charge in [0, 0.05) is 6.42 Å². The third kappa shape index (κ3) is 3.20. The molecule has 0 N–H and O–H groups in total. The number of rotatable bonds is 5. The van der Waals surface area contributed by atoms with E-state index in [0.717, 1.165) is 41.1 Å². The first-order chi connectivity index (χ1) is 12.1. The zero-order chi connectivity index (χ0) is 18.0. The van der Waals surface area contributed by atoms with E-state index in [0.29, 0.717) is 17.2 Å². The first kappa shape index (κ1) is 17.0. The molecule has 0 saturated carbocycles. The summed E-state index contributed by atoms with van der Waals surface area (Å²) in [6.07, 6.45) is 1.76. The molecule has 25 heavy (non-hydrogen) atoms. The van der Waals surface area contributed by atoms with Crippen molar-refractivity contribution < 1.29 is 18.9 Å². The summed E-state index contributed by atoms with van der Waals surface area (Å²) >= 11 is 0. The Balaban J connectivity index is 2.00. The zero-order valence-electron chi connectivity index (χ0n) is 14.8. The molecule has 0 fully saturated rings. The SMILES string of the molecule is C=C1CCc2cc(C(=C)c3cc(OC)c(OC)c(OC)c3)ccc2O1. The van der Waals surface area contributed by atoms with Crippen molar-refractivity contribution in [2.45, 2.75) is 12.8 Å². The largest absolute Gasteiger partial charge is 0.493 e. The van der Waals surface area contributed by atoms with Crippen LogP contribution >= 0.6 is 0 Å². The fourth-order valence-corrected chi connectivity index (χ4v) is 2.96. The Hall–Kier alpha value is -2.88. The number of hydrogen-bond donors (Lipinski definition) is 0. The highest BCUT2D eigenvalue weighted by atomic mass is 16.5. The molecular weight excluding hydrogens is 316 g/mol. The predicted octanol–water partition coefficient (Wildman–Crippen LogP) is 4.61. The Bertz CT molecular complexity index is 811. The van der Waals surface area contributed by atoms with Gasteiger partial charge in [-0.05, 0) is 52.9 Å². The van der Waals surface area contributed by atoms with E-state index in [1.165, 1.54) is 5.56 Å². The van der Waals surface area contributed by atoms with Gasteiger partial charge in [0.1, 0.15) is 5.75 Å². The van der Waals surface area contributed by atoms with Gasteiger partial charge in [0.2, 0.25) is 5.75 Å². The van der Waals surface area contributed by atoms with Crippen molar-refractivity contribution >= 4 is 5.57 Å². The van der Waals surface area contributed by atoms with Crippen LogP contribution in [0.15, 0.2) is 49.2 Å². The van der Waals surface area contributed by atoms with Gasteiger partial charge >= 0.3 is 0 Å². The first-order valence-electron chi connectivity index (χ1n) is 8.05. The standard InChI is InChI=1S/C21H22O4/c1-13-6-7-16-10-15(8-9-18(16)25-13)14(2)17-11-19(22-3)21(24-5)20(12-17)23-4/h8-12H,1-2,6-7H2,3-5H3. The maximum absolute atomic E-state index is 5.69. The minimum atomic E-state index is 0.568. The van der Waals surface area contributed by atoms with Crippen LogP contribution in [-0.2, 0) is 6.42 Å². The van der Waals surface area contributed by atoms with Gasteiger partial charge in [-0.1, -0.05) is 19.2 Å². The maximum Gasteiger partial charge on any atom is 0.203 e. The number of fused-ring (bicyclic) bond motifs is 1. The summed E-state index contributed by atoms with van der Waals surface area (Å²) < 4.78 is 21.9. The van der Waals surface area contributed by atoms with Gasteiger partial charge in [-0.3, -0.25) is 0 Å². The van der Waals surface area contributed by atoms with Gasteiger partial charge in [0.25, 0.3) is 0 Å². The topological polar surface area (TPSA) is 36.9 Å². The lowest BCUT2D eigenvalue weighted by molar-refractivity contribution is 0.324. The summed E-state index contributed by atoms with van der Waals surface area (Å²) in [4.78, 5) is 0. The average molecular weight is 338 g/mol. The van der Waals surface area contributed by atoms with E-state index in [2.05, 4.69) is 19.2 Å². The monoisotopic (exact) mass is 338 g/mol. The van der Waals surface area contributed by atoms with Crippen molar-refractivity contribution in [3.63, 3.8) is 0 Å². The van der Waals surface area contributed by atoms with Crippen LogP contribution in [0.3, 0.4) is 0 Å². The second-order valence-corrected chi connectivity index (χ2v) is 5.86. The minimum absolute atomic E-state index is 0.568. The van der Waals surface area contributed by atoms with Crippen molar-refractivity contribution in [3.8, 4) is 23.0 Å². The normalized spacial score (nSPS) is 12.8. The highest BCUT2D eigenvalue weighted by Gasteiger charge is 2.17. The highest BCUT2D eigenvalue weighted by molar-refractivity contribution is 5.81. The lowest BCUT2D eigenvalue weighted by Gasteiger charge is -2.20. The van der Waals surface area contributed by atoms with Gasteiger partial charge in [-0.2, -0.15) is 0 Å². The number of hydrogen-bond acceptors (Lipinski definition) is 4. The van der Waals surface area contributed by atoms with Gasteiger partial charge in [0.05, 0.1) is 27.1 Å². The van der Waals surface area contributed by atoms with Gasteiger partial charge in [-0.15, -0.1) is 0 Å². The average Bonchev–Trinajstić information content (AvgIpc) is 2.65. The Morgan fingerprint density at radius 1 is 0.920 bits per heavy atom. The Kier molecular flexibility index (Phi) is 4.70. The molecule has 0 aliphatic carbocycles.